The minimum Gasteiger partial charge on any atom is -0.350 e. The van der Waals surface area contributed by atoms with Crippen LogP contribution in [0.25, 0.3) is 0 Å². The first-order valence-corrected chi connectivity index (χ1v) is 9.41. The van der Waals surface area contributed by atoms with Crippen molar-refractivity contribution in [1.29, 1.82) is 0 Å². The van der Waals surface area contributed by atoms with Crippen LogP contribution in [0.15, 0.2) is 24.5 Å². The van der Waals surface area contributed by atoms with Gasteiger partial charge in [0.1, 0.15) is 6.33 Å². The van der Waals surface area contributed by atoms with Crippen LogP contribution < -0.4 is 10.2 Å². The monoisotopic (exact) mass is 411 g/mol. The van der Waals surface area contributed by atoms with E-state index in [0.717, 1.165) is 0 Å². The summed E-state index contributed by atoms with van der Waals surface area (Å²) >= 11 is 12.1. The molecule has 0 aliphatic rings. The summed E-state index contributed by atoms with van der Waals surface area (Å²) in [6, 6.07) is 4.85. The summed E-state index contributed by atoms with van der Waals surface area (Å²) in [6.45, 7) is 9.55. The van der Waals surface area contributed by atoms with Gasteiger partial charge >= 0.3 is 5.69 Å². The zero-order chi connectivity index (χ0) is 20.1. The van der Waals surface area contributed by atoms with Crippen LogP contribution >= 0.6 is 23.2 Å². The zero-order valence-corrected chi connectivity index (χ0v) is 17.3. The fraction of sp³-hybridized carbons (Fsp3) is 0.444. The van der Waals surface area contributed by atoms with Gasteiger partial charge in [-0.15, -0.1) is 0 Å². The Balaban J connectivity index is 2.50. The van der Waals surface area contributed by atoms with E-state index in [1.165, 1.54) is 6.33 Å². The van der Waals surface area contributed by atoms with Crippen molar-refractivity contribution in [1.82, 2.24) is 9.97 Å². The molecule has 1 aromatic carbocycles. The average molecular weight is 412 g/mol. The van der Waals surface area contributed by atoms with Crippen molar-refractivity contribution in [3.05, 3.63) is 44.7 Å². The molecule has 0 amide bonds. The predicted octanol–water partition coefficient (Wildman–Crippen LogP) is 5.55. The summed E-state index contributed by atoms with van der Waals surface area (Å²) in [4.78, 5) is 21.6. The summed E-state index contributed by atoms with van der Waals surface area (Å²) < 4.78 is 0. The first-order valence-electron chi connectivity index (χ1n) is 8.65. The van der Waals surface area contributed by atoms with Gasteiger partial charge < -0.3 is 10.2 Å². The second-order valence-corrected chi connectivity index (χ2v) is 7.94. The lowest BCUT2D eigenvalue weighted by molar-refractivity contribution is -0.383. The first kappa shape index (κ1) is 21.2. The molecule has 0 unspecified atom stereocenters. The highest BCUT2D eigenvalue weighted by Gasteiger charge is 2.28. The van der Waals surface area contributed by atoms with E-state index in [2.05, 4.69) is 43.0 Å². The molecule has 0 fully saturated rings. The van der Waals surface area contributed by atoms with Gasteiger partial charge in [-0.05, 0) is 30.0 Å². The minimum absolute atomic E-state index is 0.0896. The number of nitrogens with one attached hydrogen (secondary N) is 1. The second kappa shape index (κ2) is 9.19. The van der Waals surface area contributed by atoms with E-state index >= 15 is 0 Å². The highest BCUT2D eigenvalue weighted by atomic mass is 35.5. The molecular weight excluding hydrogens is 389 g/mol. The third-order valence-corrected chi connectivity index (χ3v) is 4.19. The summed E-state index contributed by atoms with van der Waals surface area (Å²) in [7, 11) is 0. The molecule has 2 aromatic rings. The maximum absolute atomic E-state index is 11.9. The van der Waals surface area contributed by atoms with Crippen molar-refractivity contribution in [3.63, 3.8) is 0 Å². The van der Waals surface area contributed by atoms with Gasteiger partial charge in [0.2, 0.25) is 11.6 Å². The van der Waals surface area contributed by atoms with Crippen LogP contribution in [0.5, 0.6) is 0 Å². The van der Waals surface area contributed by atoms with Crippen molar-refractivity contribution in [2.45, 2.75) is 27.7 Å². The van der Waals surface area contributed by atoms with Gasteiger partial charge in [-0.1, -0.05) is 50.9 Å². The Morgan fingerprint density at radius 2 is 1.78 bits per heavy atom. The first-order chi connectivity index (χ1) is 12.7. The molecular formula is C18H23Cl2N5O2. The number of anilines is 3. The van der Waals surface area contributed by atoms with Crippen LogP contribution in [0.3, 0.4) is 0 Å². The molecule has 0 aliphatic carbocycles. The summed E-state index contributed by atoms with van der Waals surface area (Å²) in [5.74, 6) is 1.03. The lowest BCUT2D eigenvalue weighted by Gasteiger charge is -2.27. The quantitative estimate of drug-likeness (QED) is 0.452. The Labute approximate surface area is 168 Å². The van der Waals surface area contributed by atoms with Gasteiger partial charge in [-0.3, -0.25) is 10.1 Å². The van der Waals surface area contributed by atoms with E-state index in [-0.39, 0.29) is 11.5 Å². The number of nitrogens with zero attached hydrogens (tertiary/aromatic N) is 4. The zero-order valence-electron chi connectivity index (χ0n) is 15.7. The van der Waals surface area contributed by atoms with Gasteiger partial charge in [-0.2, -0.15) is 0 Å². The Bertz CT molecular complexity index is 804. The standard InChI is InChI=1S/C18H23Cl2N5O2/c1-11(2)8-24(9-12(3)4)18-16(25(26)27)17(21-10-22-18)23-15-6-5-13(19)7-14(15)20/h5-7,10-12H,8-9H2,1-4H3,(H,21,22,23). The van der Waals surface area contributed by atoms with Crippen molar-refractivity contribution in [2.75, 3.05) is 23.3 Å². The number of halogens is 2. The van der Waals surface area contributed by atoms with Gasteiger partial charge in [-0.25, -0.2) is 9.97 Å². The molecule has 1 N–H and O–H groups in total. The van der Waals surface area contributed by atoms with Gasteiger partial charge in [0.25, 0.3) is 0 Å². The topological polar surface area (TPSA) is 84.2 Å². The fourth-order valence-electron chi connectivity index (χ4n) is 2.71. The molecule has 27 heavy (non-hydrogen) atoms. The van der Waals surface area contributed by atoms with E-state index in [9.17, 15) is 10.1 Å². The number of hydrogen-bond donors (Lipinski definition) is 1. The van der Waals surface area contributed by atoms with Crippen LogP contribution in [0, 0.1) is 22.0 Å². The number of rotatable bonds is 8. The molecule has 146 valence electrons. The van der Waals surface area contributed by atoms with Gasteiger partial charge in [0.05, 0.1) is 15.6 Å². The number of benzene rings is 1. The Morgan fingerprint density at radius 1 is 1.15 bits per heavy atom. The normalized spacial score (nSPS) is 11.1. The van der Waals surface area contributed by atoms with Crippen LogP contribution in [0.2, 0.25) is 10.0 Å². The molecule has 2 rings (SSSR count). The maximum atomic E-state index is 11.9. The van der Waals surface area contributed by atoms with Crippen LogP contribution in [0.4, 0.5) is 23.0 Å². The van der Waals surface area contributed by atoms with Gasteiger partial charge in [0.15, 0.2) is 0 Å². The molecule has 1 heterocycles. The summed E-state index contributed by atoms with van der Waals surface area (Å²) in [5.41, 5.74) is 0.304. The Hall–Kier alpha value is -2.12. The van der Waals surface area contributed by atoms with E-state index in [1.807, 2.05) is 4.90 Å². The predicted molar refractivity (Wildman–Crippen MR) is 110 cm³/mol. The van der Waals surface area contributed by atoms with Crippen molar-refractivity contribution < 1.29 is 4.92 Å². The number of hydrogen-bond acceptors (Lipinski definition) is 6. The van der Waals surface area contributed by atoms with E-state index in [0.29, 0.717) is 46.5 Å². The minimum atomic E-state index is -0.463. The van der Waals surface area contributed by atoms with Crippen molar-refractivity contribution in [2.24, 2.45) is 11.8 Å². The van der Waals surface area contributed by atoms with Crippen molar-refractivity contribution >= 4 is 46.2 Å². The molecule has 1 aromatic heterocycles. The maximum Gasteiger partial charge on any atom is 0.353 e. The van der Waals surface area contributed by atoms with Crippen LogP contribution in [-0.2, 0) is 0 Å². The fourth-order valence-corrected chi connectivity index (χ4v) is 3.16. The lowest BCUT2D eigenvalue weighted by atomic mass is 10.1. The number of aromatic nitrogens is 2. The average Bonchev–Trinajstić information content (AvgIpc) is 2.55. The van der Waals surface area contributed by atoms with Crippen LogP contribution in [-0.4, -0.2) is 28.0 Å². The lowest BCUT2D eigenvalue weighted by Crippen LogP contribution is -2.32. The van der Waals surface area contributed by atoms with Crippen molar-refractivity contribution in [3.8, 4) is 0 Å². The summed E-state index contributed by atoms with van der Waals surface area (Å²) in [5, 5.41) is 15.6. The molecule has 0 atom stereocenters. The van der Waals surface area contributed by atoms with E-state index in [1.54, 1.807) is 18.2 Å². The SMILES string of the molecule is CC(C)CN(CC(C)C)c1ncnc(Nc2ccc(Cl)cc2Cl)c1[N+](=O)[O-]. The molecule has 0 radical (unpaired) electrons. The molecule has 0 saturated carbocycles. The second-order valence-electron chi connectivity index (χ2n) is 7.09. The van der Waals surface area contributed by atoms with Crippen LogP contribution in [0.1, 0.15) is 27.7 Å². The van der Waals surface area contributed by atoms with E-state index < -0.39 is 4.92 Å². The smallest absolute Gasteiger partial charge is 0.350 e. The molecule has 0 saturated heterocycles. The third-order valence-electron chi connectivity index (χ3n) is 3.64. The molecule has 0 bridgehead atoms. The highest BCUT2D eigenvalue weighted by molar-refractivity contribution is 6.36. The van der Waals surface area contributed by atoms with Gasteiger partial charge in [0, 0.05) is 18.1 Å². The Morgan fingerprint density at radius 3 is 2.30 bits per heavy atom. The van der Waals surface area contributed by atoms with E-state index in [4.69, 9.17) is 23.2 Å². The summed E-state index contributed by atoms with van der Waals surface area (Å²) in [6.07, 6.45) is 1.32. The molecule has 0 spiro atoms. The molecule has 7 nitrogen and oxygen atoms in total. The molecule has 9 heteroatoms. The Kier molecular flexibility index (Phi) is 7.21. The largest absolute Gasteiger partial charge is 0.353 e. The highest BCUT2D eigenvalue weighted by Crippen LogP contribution is 2.36. The molecule has 0 aliphatic heterocycles. The third kappa shape index (κ3) is 5.68. The number of nitro groups is 1.